The predicted molar refractivity (Wildman–Crippen MR) is 103 cm³/mol. The van der Waals surface area contributed by atoms with Crippen molar-refractivity contribution in [1.82, 2.24) is 20.3 Å². The van der Waals surface area contributed by atoms with E-state index in [1.165, 1.54) is 6.07 Å². The van der Waals surface area contributed by atoms with E-state index in [0.717, 1.165) is 4.68 Å². The lowest BCUT2D eigenvalue weighted by Gasteiger charge is -2.09. The van der Waals surface area contributed by atoms with Crippen LogP contribution < -0.4 is 16.2 Å². The van der Waals surface area contributed by atoms with E-state index in [0.29, 0.717) is 23.1 Å². The maximum Gasteiger partial charge on any atom is 0.292 e. The van der Waals surface area contributed by atoms with Crippen LogP contribution in [-0.2, 0) is 11.3 Å². The van der Waals surface area contributed by atoms with Gasteiger partial charge in [0.1, 0.15) is 11.2 Å². The number of carbonyl (C=O) groups excluding carboxylic acids is 1. The molecule has 1 aromatic heterocycles. The van der Waals surface area contributed by atoms with Gasteiger partial charge in [-0.05, 0) is 18.2 Å². The van der Waals surface area contributed by atoms with Gasteiger partial charge in [-0.2, -0.15) is 0 Å². The van der Waals surface area contributed by atoms with Crippen LogP contribution in [0.3, 0.4) is 0 Å². The third-order valence-electron chi connectivity index (χ3n) is 4.04. The van der Waals surface area contributed by atoms with Crippen molar-refractivity contribution < 1.29 is 9.72 Å². The highest BCUT2D eigenvalue weighted by atomic mass is 16.6. The third kappa shape index (κ3) is 4.47. The molecule has 1 heterocycles. The van der Waals surface area contributed by atoms with Crippen molar-refractivity contribution >= 4 is 28.2 Å². The van der Waals surface area contributed by atoms with Gasteiger partial charge in [0, 0.05) is 25.6 Å². The highest BCUT2D eigenvalue weighted by Crippen LogP contribution is 2.22. The number of hydrogen-bond donors (Lipinski definition) is 2. The fraction of sp³-hybridized carbons (Fsp3) is 0.222. The van der Waals surface area contributed by atoms with E-state index in [-0.39, 0.29) is 36.7 Å². The van der Waals surface area contributed by atoms with E-state index in [4.69, 9.17) is 0 Å². The summed E-state index contributed by atoms with van der Waals surface area (Å²) in [6.45, 7) is 0.718. The number of nitro groups is 1. The molecule has 0 saturated carbocycles. The molecule has 0 spiro atoms. The molecule has 144 valence electrons. The standard InChI is InChI=1S/C18H18N6O4/c25-17(20-11-10-19-15-7-3-4-8-16(15)24(27)28)9-12-23-18(26)13-5-1-2-6-14(13)21-22-23/h1-8,19H,9-12H2,(H,20,25). The molecule has 0 aliphatic carbocycles. The molecule has 10 nitrogen and oxygen atoms in total. The number of anilines is 1. The zero-order valence-corrected chi connectivity index (χ0v) is 14.9. The molecular formula is C18H18N6O4. The third-order valence-corrected chi connectivity index (χ3v) is 4.04. The number of amides is 1. The molecule has 3 aromatic rings. The second-order valence-electron chi connectivity index (χ2n) is 5.94. The summed E-state index contributed by atoms with van der Waals surface area (Å²) >= 11 is 0. The van der Waals surface area contributed by atoms with E-state index in [1.807, 2.05) is 0 Å². The zero-order valence-electron chi connectivity index (χ0n) is 14.9. The Bertz CT molecular complexity index is 1070. The van der Waals surface area contributed by atoms with Crippen molar-refractivity contribution in [2.24, 2.45) is 0 Å². The summed E-state index contributed by atoms with van der Waals surface area (Å²) in [5.74, 6) is -0.258. The van der Waals surface area contributed by atoms with Crippen molar-refractivity contribution in [3.63, 3.8) is 0 Å². The second kappa shape index (κ2) is 8.71. The molecule has 0 aliphatic heterocycles. The van der Waals surface area contributed by atoms with Crippen molar-refractivity contribution in [1.29, 1.82) is 0 Å². The molecule has 0 aliphatic rings. The number of aryl methyl sites for hydroxylation is 1. The molecule has 1 amide bonds. The van der Waals surface area contributed by atoms with Gasteiger partial charge in [-0.1, -0.05) is 29.5 Å². The number of aromatic nitrogens is 3. The molecule has 10 heteroatoms. The average molecular weight is 382 g/mol. The first kappa shape index (κ1) is 19.0. The first-order valence-electron chi connectivity index (χ1n) is 8.63. The van der Waals surface area contributed by atoms with Crippen molar-refractivity contribution in [3.05, 3.63) is 69.0 Å². The fourth-order valence-corrected chi connectivity index (χ4v) is 2.65. The van der Waals surface area contributed by atoms with Crippen molar-refractivity contribution in [2.45, 2.75) is 13.0 Å². The molecule has 0 unspecified atom stereocenters. The minimum atomic E-state index is -0.469. The first-order chi connectivity index (χ1) is 13.6. The van der Waals surface area contributed by atoms with Crippen LogP contribution in [-0.4, -0.2) is 38.9 Å². The SMILES string of the molecule is O=C(CCn1nnc2ccccc2c1=O)NCCNc1ccccc1[N+](=O)[O-]. The lowest BCUT2D eigenvalue weighted by molar-refractivity contribution is -0.384. The van der Waals surface area contributed by atoms with Gasteiger partial charge < -0.3 is 10.6 Å². The van der Waals surface area contributed by atoms with Crippen LogP contribution in [0.25, 0.3) is 10.9 Å². The Morgan fingerprint density at radius 1 is 1.11 bits per heavy atom. The molecule has 0 atom stereocenters. The van der Waals surface area contributed by atoms with E-state index in [9.17, 15) is 19.7 Å². The summed E-state index contributed by atoms with van der Waals surface area (Å²) in [7, 11) is 0. The Kier molecular flexibility index (Phi) is 5.90. The van der Waals surface area contributed by atoms with Crippen LogP contribution in [0.15, 0.2) is 53.3 Å². The largest absolute Gasteiger partial charge is 0.378 e. The van der Waals surface area contributed by atoms with E-state index < -0.39 is 4.92 Å². The number of carbonyl (C=O) groups is 1. The number of nitrogens with zero attached hydrogens (tertiary/aromatic N) is 4. The summed E-state index contributed by atoms with van der Waals surface area (Å²) in [5.41, 5.74) is 0.577. The number of benzene rings is 2. The summed E-state index contributed by atoms with van der Waals surface area (Å²) in [6, 6.07) is 13.2. The fourth-order valence-electron chi connectivity index (χ4n) is 2.65. The van der Waals surface area contributed by atoms with E-state index in [1.54, 1.807) is 42.5 Å². The normalized spacial score (nSPS) is 10.6. The number of nitrogens with one attached hydrogen (secondary N) is 2. The topological polar surface area (TPSA) is 132 Å². The number of hydrogen-bond acceptors (Lipinski definition) is 7. The number of fused-ring (bicyclic) bond motifs is 1. The number of nitro benzene ring substituents is 1. The van der Waals surface area contributed by atoms with Crippen molar-refractivity contribution in [2.75, 3.05) is 18.4 Å². The zero-order chi connectivity index (χ0) is 19.9. The van der Waals surface area contributed by atoms with Gasteiger partial charge in [-0.3, -0.25) is 19.7 Å². The molecule has 0 fully saturated rings. The van der Waals surface area contributed by atoms with Gasteiger partial charge in [0.25, 0.3) is 11.2 Å². The maximum absolute atomic E-state index is 12.3. The van der Waals surface area contributed by atoms with Crippen LogP contribution in [0, 0.1) is 10.1 Å². The molecule has 2 aromatic carbocycles. The molecule has 2 N–H and O–H groups in total. The van der Waals surface area contributed by atoms with Crippen LogP contribution in [0.4, 0.5) is 11.4 Å². The van der Waals surface area contributed by atoms with Crippen LogP contribution in [0.1, 0.15) is 6.42 Å². The van der Waals surface area contributed by atoms with Gasteiger partial charge >= 0.3 is 0 Å². The lowest BCUT2D eigenvalue weighted by atomic mass is 10.2. The van der Waals surface area contributed by atoms with Gasteiger partial charge in [0.2, 0.25) is 5.91 Å². The Morgan fingerprint density at radius 2 is 1.86 bits per heavy atom. The molecule has 28 heavy (non-hydrogen) atoms. The maximum atomic E-state index is 12.3. The van der Waals surface area contributed by atoms with Gasteiger partial charge in [0.05, 0.1) is 16.9 Å². The van der Waals surface area contributed by atoms with Crippen molar-refractivity contribution in [3.8, 4) is 0 Å². The highest BCUT2D eigenvalue weighted by molar-refractivity contribution is 5.77. The summed E-state index contributed by atoms with van der Waals surface area (Å²) in [5, 5.41) is 24.8. The molecule has 0 radical (unpaired) electrons. The Morgan fingerprint density at radius 3 is 2.68 bits per heavy atom. The highest BCUT2D eigenvalue weighted by Gasteiger charge is 2.11. The minimum absolute atomic E-state index is 0.0249. The lowest BCUT2D eigenvalue weighted by Crippen LogP contribution is -2.31. The number of para-hydroxylation sites is 2. The van der Waals surface area contributed by atoms with E-state index in [2.05, 4.69) is 20.9 Å². The minimum Gasteiger partial charge on any atom is -0.378 e. The summed E-state index contributed by atoms with van der Waals surface area (Å²) in [6.07, 6.45) is 0.0679. The first-order valence-corrected chi connectivity index (χ1v) is 8.63. The van der Waals surface area contributed by atoms with Crippen LogP contribution >= 0.6 is 0 Å². The Balaban J connectivity index is 1.47. The Hall–Kier alpha value is -3.82. The van der Waals surface area contributed by atoms with Crippen LogP contribution in [0.5, 0.6) is 0 Å². The van der Waals surface area contributed by atoms with Crippen LogP contribution in [0.2, 0.25) is 0 Å². The van der Waals surface area contributed by atoms with Gasteiger partial charge in [-0.15, -0.1) is 5.10 Å². The monoisotopic (exact) mass is 382 g/mol. The molecular weight excluding hydrogens is 364 g/mol. The molecule has 0 bridgehead atoms. The quantitative estimate of drug-likeness (QED) is 0.341. The smallest absolute Gasteiger partial charge is 0.292 e. The molecule has 0 saturated heterocycles. The van der Waals surface area contributed by atoms with E-state index >= 15 is 0 Å². The Labute approximate surface area is 159 Å². The predicted octanol–water partition coefficient (Wildman–Crippen LogP) is 1.32. The molecule has 3 rings (SSSR count). The average Bonchev–Trinajstić information content (AvgIpc) is 2.71. The number of rotatable bonds is 8. The van der Waals surface area contributed by atoms with Gasteiger partial charge in [0.15, 0.2) is 0 Å². The van der Waals surface area contributed by atoms with Gasteiger partial charge in [-0.25, -0.2) is 4.68 Å². The summed E-state index contributed by atoms with van der Waals surface area (Å²) < 4.78 is 1.16. The second-order valence-corrected chi connectivity index (χ2v) is 5.94. The summed E-state index contributed by atoms with van der Waals surface area (Å²) in [4.78, 5) is 34.8.